The molecule has 10 rings (SSSR count). The number of phenolic OH excluding ortho intramolecular Hbond substituents is 3. The first-order valence-electron chi connectivity index (χ1n) is 28.6. The average Bonchev–Trinajstić information content (AvgIpc) is 0.845. The van der Waals surface area contributed by atoms with E-state index in [0.29, 0.717) is 37.8 Å². The second kappa shape index (κ2) is 38.2. The first-order valence-corrected chi connectivity index (χ1v) is 29.4. The maximum atomic E-state index is 14.0. The van der Waals surface area contributed by atoms with Crippen molar-refractivity contribution < 1.29 is 131 Å². The molecule has 18 nitrogen and oxygen atoms in total. The fourth-order valence-corrected chi connectivity index (χ4v) is 8.23. The first-order chi connectivity index (χ1) is 48.4. The number of hydrogen-bond donors (Lipinski definition) is 7. The van der Waals surface area contributed by atoms with Crippen molar-refractivity contribution in [3.63, 3.8) is 0 Å². The van der Waals surface area contributed by atoms with E-state index in [4.69, 9.17) is 55.6 Å². The molecule has 0 aliphatic heterocycles. The van der Waals surface area contributed by atoms with Crippen LogP contribution in [0.4, 0.5) is 52.7 Å². The van der Waals surface area contributed by atoms with Gasteiger partial charge in [0.1, 0.15) is 41.6 Å². The Kier molecular flexibility index (Phi) is 30.1. The molecule has 0 saturated carbocycles. The van der Waals surface area contributed by atoms with Crippen LogP contribution < -0.4 is 29.1 Å². The highest BCUT2D eigenvalue weighted by Gasteiger charge is 2.34. The molecule has 10 aromatic rings. The third-order valence-electron chi connectivity index (χ3n) is 12.5. The molecule has 0 aliphatic rings. The fourth-order valence-electron chi connectivity index (χ4n) is 7.90. The van der Waals surface area contributed by atoms with Crippen LogP contribution in [0.2, 0.25) is 0 Å². The standard InChI is InChI=1S/C29H17F4NO5.C13H8F4O2.C13H9NO.C7H3BrF4O.C6H7BO3.C3H4O4/c30-25-15-22(9-14-26(25)39-29(31,32)33)21-7-12-24(13-8-21)38-28(36)16-27(35)37-23-10-5-20(6-11-23)19-3-1-18(17-34)2-4-19;14-11-7-9(8-1-4-10(18)5-2-8)3-6-12(11)19-13(15,16)17;14-9-10-1-3-11(4-2-10)12-5-7-13(15)8-6-12;8-4-1-2-6(5(9)3-4)13-7(10,11)12;8-6-3-1-5(2-4-6)7(9)10;4-2(5)1-3(6)7/h1-15H,16H2;1-7,18H;1-8,15H;1-3H;1-4,8-10H;1H2,(H,4,5)(H,6,7). The van der Waals surface area contributed by atoms with Gasteiger partial charge < -0.3 is 59.3 Å². The molecule has 10 aromatic carbocycles. The fraction of sp³-hybridized carbons (Fsp3) is 0.0704. The number of halogens is 13. The van der Waals surface area contributed by atoms with E-state index < -0.39 is 97.6 Å². The number of carboxylic acid groups (broad SMARTS) is 2. The molecule has 0 spiro atoms. The Morgan fingerprint density at radius 3 is 0.903 bits per heavy atom. The minimum atomic E-state index is -5.02. The maximum Gasteiger partial charge on any atom is 0.573 e. The van der Waals surface area contributed by atoms with Crippen molar-refractivity contribution in [3.8, 4) is 103 Å². The van der Waals surface area contributed by atoms with Crippen LogP contribution in [0.25, 0.3) is 44.5 Å². The van der Waals surface area contributed by atoms with Gasteiger partial charge in [0.15, 0.2) is 34.7 Å². The SMILES string of the molecule is Fc1cc(Br)ccc1OC(F)(F)F.N#Cc1ccc(-c2ccc(O)cc2)cc1.N#Cc1ccc(-c2ccc(OC(=O)CC(=O)Oc3ccc(-c4ccc(OC(F)(F)F)c(F)c4)cc3)cc2)cc1.O=C(O)CC(=O)O.OB(O)c1ccc(O)cc1.Oc1ccc(-c2ccc(OC(F)(F)F)c(F)c2)cc1. The summed E-state index contributed by atoms with van der Waals surface area (Å²) in [6, 6.07) is 58.4. The van der Waals surface area contributed by atoms with Gasteiger partial charge in [-0.05, 0) is 177 Å². The second-order valence-electron chi connectivity index (χ2n) is 20.1. The molecule has 7 N–H and O–H groups in total. The summed E-state index contributed by atoms with van der Waals surface area (Å²) in [6.45, 7) is 0. The lowest BCUT2D eigenvalue weighted by atomic mass is 9.80. The summed E-state index contributed by atoms with van der Waals surface area (Å²) in [7, 11) is -1.46. The quantitative estimate of drug-likeness (QED) is 0.0175. The van der Waals surface area contributed by atoms with Crippen LogP contribution >= 0.6 is 15.9 Å². The van der Waals surface area contributed by atoms with Crippen LogP contribution in [0.1, 0.15) is 24.0 Å². The number of hydrogen-bond acceptors (Lipinski definition) is 16. The Balaban J connectivity index is 0.000000248. The van der Waals surface area contributed by atoms with Gasteiger partial charge in [-0.25, -0.2) is 13.2 Å². The molecule has 0 aliphatic carbocycles. The van der Waals surface area contributed by atoms with Crippen molar-refractivity contribution in [2.75, 3.05) is 0 Å². The number of carbonyl (C=O) groups is 4. The monoisotopic (exact) mass is 1500 g/mol. The van der Waals surface area contributed by atoms with Crippen LogP contribution in [0.5, 0.6) is 46.0 Å². The molecule has 0 bridgehead atoms. The van der Waals surface area contributed by atoms with Gasteiger partial charge in [0.25, 0.3) is 0 Å². The zero-order chi connectivity index (χ0) is 76.2. The van der Waals surface area contributed by atoms with Gasteiger partial charge in [0.05, 0.1) is 23.3 Å². The molecule has 0 atom stereocenters. The molecule has 0 saturated heterocycles. The summed E-state index contributed by atoms with van der Waals surface area (Å²) in [5, 5.41) is 77.2. The molecule has 0 radical (unpaired) electrons. The second-order valence-corrected chi connectivity index (χ2v) is 21.0. The van der Waals surface area contributed by atoms with Gasteiger partial charge in [-0.1, -0.05) is 113 Å². The summed E-state index contributed by atoms with van der Waals surface area (Å²) < 4.78 is 169. The number of aliphatic carboxylic acids is 2. The predicted octanol–water partition coefficient (Wildman–Crippen LogP) is 16.0. The van der Waals surface area contributed by atoms with Crippen LogP contribution in [0.3, 0.4) is 0 Å². The molecule has 32 heteroatoms. The van der Waals surface area contributed by atoms with Crippen LogP contribution in [-0.2, 0) is 19.2 Å². The number of esters is 2. The van der Waals surface area contributed by atoms with Gasteiger partial charge in [-0.3, -0.25) is 19.2 Å². The maximum absolute atomic E-state index is 14.0. The largest absolute Gasteiger partial charge is 0.573 e. The summed E-state index contributed by atoms with van der Waals surface area (Å²) in [6.07, 6.45) is -16.3. The van der Waals surface area contributed by atoms with Crippen molar-refractivity contribution in [2.45, 2.75) is 31.9 Å². The minimum absolute atomic E-state index is 0.0428. The highest BCUT2D eigenvalue weighted by Crippen LogP contribution is 2.34. The molecule has 0 amide bonds. The lowest BCUT2D eigenvalue weighted by Gasteiger charge is -2.11. The number of nitriles is 2. The molecule has 103 heavy (non-hydrogen) atoms. The Labute approximate surface area is 583 Å². The van der Waals surface area contributed by atoms with E-state index in [0.717, 1.165) is 58.7 Å². The van der Waals surface area contributed by atoms with Crippen molar-refractivity contribution >= 4 is 52.4 Å². The molecular weight excluding hydrogens is 1460 g/mol. The van der Waals surface area contributed by atoms with Crippen molar-refractivity contribution in [1.82, 2.24) is 0 Å². The van der Waals surface area contributed by atoms with Crippen LogP contribution in [-0.4, -0.2) is 85.7 Å². The first kappa shape index (κ1) is 81.2. The lowest BCUT2D eigenvalue weighted by Crippen LogP contribution is -2.29. The molecule has 532 valence electrons. The third-order valence-corrected chi connectivity index (χ3v) is 13.0. The van der Waals surface area contributed by atoms with Gasteiger partial charge in [0, 0.05) is 4.47 Å². The van der Waals surface area contributed by atoms with Crippen LogP contribution in [0.15, 0.2) is 229 Å². The van der Waals surface area contributed by atoms with E-state index in [9.17, 15) is 71.9 Å². The number of nitrogens with zero attached hydrogens (tertiary/aromatic N) is 2. The Morgan fingerprint density at radius 2 is 0.641 bits per heavy atom. The summed E-state index contributed by atoms with van der Waals surface area (Å²) in [5.74, 6) is -9.62. The number of carboxylic acids is 2. The van der Waals surface area contributed by atoms with E-state index in [1.807, 2.05) is 30.3 Å². The smallest absolute Gasteiger partial charge is 0.508 e. The number of aromatic hydroxyl groups is 3. The van der Waals surface area contributed by atoms with Gasteiger partial charge in [-0.2, -0.15) is 10.5 Å². The molecule has 0 heterocycles. The number of alkyl halides is 9. The number of ether oxygens (including phenoxy) is 5. The van der Waals surface area contributed by atoms with Crippen molar-refractivity contribution in [2.24, 2.45) is 0 Å². The predicted molar refractivity (Wildman–Crippen MR) is 348 cm³/mol. The zero-order valence-electron chi connectivity index (χ0n) is 52.0. The molecule has 0 aromatic heterocycles. The Bertz CT molecular complexity index is 4530. The van der Waals surface area contributed by atoms with E-state index >= 15 is 0 Å². The normalized spacial score (nSPS) is 10.5. The highest BCUT2D eigenvalue weighted by atomic mass is 79.9. The van der Waals surface area contributed by atoms with E-state index in [1.165, 1.54) is 91.0 Å². The minimum Gasteiger partial charge on any atom is -0.508 e. The van der Waals surface area contributed by atoms with Gasteiger partial charge in [-0.15, -0.1) is 39.5 Å². The molecule has 0 unspecified atom stereocenters. The summed E-state index contributed by atoms with van der Waals surface area (Å²) in [5.41, 5.74) is 7.00. The van der Waals surface area contributed by atoms with Crippen molar-refractivity contribution in [3.05, 3.63) is 258 Å². The number of carbonyl (C=O) groups excluding carboxylic acids is 2. The van der Waals surface area contributed by atoms with E-state index in [-0.39, 0.29) is 34.3 Å². The van der Waals surface area contributed by atoms with Crippen LogP contribution in [0, 0.1) is 40.1 Å². The molecular formula is C71H48BBrF12N2O16. The van der Waals surface area contributed by atoms with E-state index in [1.54, 1.807) is 72.8 Å². The summed E-state index contributed by atoms with van der Waals surface area (Å²) in [4.78, 5) is 43.2. The lowest BCUT2D eigenvalue weighted by molar-refractivity contribution is -0.276. The van der Waals surface area contributed by atoms with Gasteiger partial charge in [0.2, 0.25) is 0 Å². The average molecular weight is 1500 g/mol. The van der Waals surface area contributed by atoms with Crippen molar-refractivity contribution in [1.29, 1.82) is 10.5 Å². The third kappa shape index (κ3) is 29.8. The number of rotatable bonds is 14. The number of phenols is 3. The highest BCUT2D eigenvalue weighted by molar-refractivity contribution is 9.10. The number of benzene rings is 10. The van der Waals surface area contributed by atoms with E-state index in [2.05, 4.69) is 36.2 Å². The summed E-state index contributed by atoms with van der Waals surface area (Å²) >= 11 is 2.90. The van der Waals surface area contributed by atoms with Gasteiger partial charge >= 0.3 is 50.1 Å². The molecule has 0 fully saturated rings. The topological polar surface area (TPSA) is 304 Å². The zero-order valence-corrected chi connectivity index (χ0v) is 53.6. The Hall–Kier alpha value is -12.5. The Morgan fingerprint density at radius 1 is 0.379 bits per heavy atom.